The van der Waals surface area contributed by atoms with E-state index < -0.39 is 89.4 Å². The number of esters is 3. The molecular weight excluding hydrogens is 929 g/mol. The van der Waals surface area contributed by atoms with Crippen LogP contribution in [0.5, 0.6) is 5.75 Å². The number of anilines is 1. The predicted molar refractivity (Wildman–Crippen MR) is 267 cm³/mol. The van der Waals surface area contributed by atoms with Crippen LogP contribution >= 0.6 is 0 Å². The third kappa shape index (κ3) is 9.18. The molecule has 4 amide bonds. The van der Waals surface area contributed by atoms with Gasteiger partial charge in [-0.15, -0.1) is 0 Å². The number of ether oxygens (including phenoxy) is 3. The molecule has 6 aromatic rings. The van der Waals surface area contributed by atoms with Gasteiger partial charge in [0.25, 0.3) is 0 Å². The first-order valence-electron chi connectivity index (χ1n) is 23.8. The van der Waals surface area contributed by atoms with Gasteiger partial charge in [0.2, 0.25) is 11.8 Å². The lowest BCUT2D eigenvalue weighted by Crippen LogP contribution is -2.56. The van der Waals surface area contributed by atoms with Gasteiger partial charge in [0, 0.05) is 18.5 Å². The number of nitrogens with one attached hydrogen (secondary N) is 2. The Morgan fingerprint density at radius 2 is 1.30 bits per heavy atom. The monoisotopic (exact) mass is 980 g/mol. The number of phenolic OH excluding ortho intramolecular Hbond substituents is 1. The summed E-state index contributed by atoms with van der Waals surface area (Å²) in [6, 6.07) is 41.9. The average molecular weight is 981 g/mol. The number of hydrogen-bond acceptors (Lipinski definition) is 12. The number of benzene rings is 6. The number of rotatable bonds is 12. The Hall–Kier alpha value is -8.58. The number of methoxy groups -OCH3 is 2. The molecule has 370 valence electrons. The summed E-state index contributed by atoms with van der Waals surface area (Å²) in [4.78, 5) is 91.1. The molecule has 2 saturated heterocycles. The van der Waals surface area contributed by atoms with Crippen LogP contribution in [-0.4, -0.2) is 77.7 Å². The van der Waals surface area contributed by atoms with Gasteiger partial charge in [-0.3, -0.25) is 28.9 Å². The Kier molecular flexibility index (Phi) is 14.2. The fourth-order valence-electron chi connectivity index (χ4n) is 10.6. The van der Waals surface area contributed by atoms with Crippen molar-refractivity contribution < 1.29 is 53.2 Å². The fraction of sp³-hybridized carbons (Fsp3) is 0.241. The number of aliphatic hydroxyl groups is 1. The number of phenols is 1. The zero-order chi connectivity index (χ0) is 51.4. The van der Waals surface area contributed by atoms with E-state index in [1.165, 1.54) is 18.2 Å². The summed E-state index contributed by atoms with van der Waals surface area (Å²) in [7, 11) is 2.28. The first-order chi connectivity index (χ1) is 35.4. The molecular formula is C58H52N4O11. The van der Waals surface area contributed by atoms with Crippen molar-refractivity contribution in [2.24, 2.45) is 11.8 Å². The largest absolute Gasteiger partial charge is 0.508 e. The second kappa shape index (κ2) is 21.0. The number of cyclic esters (lactones) is 1. The van der Waals surface area contributed by atoms with Crippen molar-refractivity contribution in [1.29, 1.82) is 0 Å². The van der Waals surface area contributed by atoms with Gasteiger partial charge in [0.05, 0.1) is 50.1 Å². The van der Waals surface area contributed by atoms with Gasteiger partial charge in [-0.1, -0.05) is 145 Å². The fourth-order valence-corrected chi connectivity index (χ4v) is 10.6. The lowest BCUT2D eigenvalue weighted by Gasteiger charge is -2.46. The molecule has 1 spiro atoms. The smallest absolute Gasteiger partial charge is 0.329 e. The molecule has 15 nitrogen and oxygen atoms in total. The molecule has 73 heavy (non-hydrogen) atoms. The molecule has 2 fully saturated rings. The van der Waals surface area contributed by atoms with Crippen molar-refractivity contribution in [2.45, 2.75) is 55.1 Å². The van der Waals surface area contributed by atoms with Gasteiger partial charge in [-0.2, -0.15) is 0 Å². The third-order valence-electron chi connectivity index (χ3n) is 14.0. The number of fused-ring (bicyclic) bond motifs is 3. The molecule has 8 unspecified atom stereocenters. The van der Waals surface area contributed by atoms with Crippen LogP contribution < -0.4 is 15.5 Å². The summed E-state index contributed by atoms with van der Waals surface area (Å²) in [6.07, 6.45) is -2.51. The van der Waals surface area contributed by atoms with Crippen molar-refractivity contribution in [3.63, 3.8) is 0 Å². The van der Waals surface area contributed by atoms with Crippen molar-refractivity contribution in [2.75, 3.05) is 25.7 Å². The molecule has 6 aromatic carbocycles. The average Bonchev–Trinajstić information content (AvgIpc) is 3.88. The molecule has 15 heteroatoms. The molecule has 3 aliphatic rings. The Balaban J connectivity index is 1.31. The first-order valence-corrected chi connectivity index (χ1v) is 23.8. The SMILES string of the molecule is COC(=O)C(CC#Cc1ccc2c(c1)C1(C(=O)N2C(=O)NC(C)c2ccccc2)C(C(=O)NCC(O)c2ccccc2)C2C(=O)OC(c3ccccc3)C(c3ccccc3)N2C1c1ccc(O)cc1)C(=O)OC. The van der Waals surface area contributed by atoms with Crippen molar-refractivity contribution in [3.8, 4) is 17.6 Å². The number of amides is 4. The molecule has 3 aliphatic heterocycles. The maximum absolute atomic E-state index is 16.6. The van der Waals surface area contributed by atoms with Gasteiger partial charge >= 0.3 is 23.9 Å². The Bertz CT molecular complexity index is 3080. The third-order valence-corrected chi connectivity index (χ3v) is 14.0. The van der Waals surface area contributed by atoms with Gasteiger partial charge in [0.15, 0.2) is 5.92 Å². The number of morpholine rings is 1. The van der Waals surface area contributed by atoms with Crippen molar-refractivity contribution in [3.05, 3.63) is 203 Å². The summed E-state index contributed by atoms with van der Waals surface area (Å²) in [5.74, 6) is -1.46. The highest BCUT2D eigenvalue weighted by atomic mass is 16.6. The number of nitrogens with zero attached hydrogens (tertiary/aromatic N) is 2. The van der Waals surface area contributed by atoms with Crippen LogP contribution in [0.4, 0.5) is 10.5 Å². The molecule has 0 bridgehead atoms. The number of carbonyl (C=O) groups excluding carboxylic acids is 6. The number of aromatic hydroxyl groups is 1. The highest BCUT2D eigenvalue weighted by Gasteiger charge is 2.75. The second-order valence-corrected chi connectivity index (χ2v) is 18.1. The minimum Gasteiger partial charge on any atom is -0.508 e. The van der Waals surface area contributed by atoms with Crippen LogP contribution in [-0.2, 0) is 43.6 Å². The summed E-state index contributed by atoms with van der Waals surface area (Å²) in [6.45, 7) is 1.44. The molecule has 0 aromatic heterocycles. The highest BCUT2D eigenvalue weighted by molar-refractivity contribution is 6.24. The number of carbonyl (C=O) groups is 6. The quantitative estimate of drug-likeness (QED) is 0.0421. The van der Waals surface area contributed by atoms with Crippen LogP contribution in [0, 0.1) is 23.7 Å². The lowest BCUT2D eigenvalue weighted by atomic mass is 9.65. The van der Waals surface area contributed by atoms with E-state index in [1.54, 1.807) is 61.5 Å². The van der Waals surface area contributed by atoms with Gasteiger partial charge in [-0.05, 0) is 70.6 Å². The van der Waals surface area contributed by atoms with E-state index in [4.69, 9.17) is 14.2 Å². The lowest BCUT2D eigenvalue weighted by molar-refractivity contribution is -0.178. The van der Waals surface area contributed by atoms with E-state index >= 15 is 19.2 Å². The Morgan fingerprint density at radius 1 is 0.726 bits per heavy atom. The maximum Gasteiger partial charge on any atom is 0.329 e. The number of urea groups is 1. The predicted octanol–water partition coefficient (Wildman–Crippen LogP) is 7.08. The second-order valence-electron chi connectivity index (χ2n) is 18.1. The topological polar surface area (TPSA) is 201 Å². The van der Waals surface area contributed by atoms with Crippen LogP contribution in [0.3, 0.4) is 0 Å². The van der Waals surface area contributed by atoms with Crippen molar-refractivity contribution >= 4 is 41.4 Å². The van der Waals surface area contributed by atoms with E-state index in [0.29, 0.717) is 22.3 Å². The maximum atomic E-state index is 16.6. The first kappa shape index (κ1) is 49.4. The summed E-state index contributed by atoms with van der Waals surface area (Å²) in [5.41, 5.74) is 1.26. The van der Waals surface area contributed by atoms with E-state index in [9.17, 15) is 19.8 Å². The van der Waals surface area contributed by atoms with E-state index in [-0.39, 0.29) is 35.5 Å². The summed E-state index contributed by atoms with van der Waals surface area (Å²) in [5, 5.41) is 28.2. The normalized spacial score (nSPS) is 21.7. The Labute approximate surface area is 421 Å². The van der Waals surface area contributed by atoms with Crippen LogP contribution in [0.25, 0.3) is 0 Å². The number of imide groups is 1. The molecule has 4 N–H and O–H groups in total. The standard InChI is InChI=1S/C58H52N4O11/c1-35(37-18-8-4-9-19-37)60-57(70)61-45-32-27-36(17-16-26-43(53(66)71-2)54(67)72-3)33-44(45)58(56(61)69)47(52(65)59-34-46(64)38-20-10-5-11-21-38)49-55(68)73-50(40-24-14-7-15-25-40)48(39-22-12-6-13-23-39)62(49)51(58)41-28-30-42(63)31-29-41/h4-15,18-25,27-33,35,43,46-51,63-64H,26,34H2,1-3H3,(H,59,65)(H,60,70). The van der Waals surface area contributed by atoms with Crippen LogP contribution in [0.2, 0.25) is 0 Å². The number of hydrogen-bond donors (Lipinski definition) is 4. The van der Waals surface area contributed by atoms with E-state index in [2.05, 4.69) is 22.5 Å². The van der Waals surface area contributed by atoms with Gasteiger partial charge < -0.3 is 35.1 Å². The molecule has 3 heterocycles. The molecule has 8 atom stereocenters. The van der Waals surface area contributed by atoms with Crippen molar-refractivity contribution in [1.82, 2.24) is 15.5 Å². The zero-order valence-electron chi connectivity index (χ0n) is 40.1. The zero-order valence-corrected chi connectivity index (χ0v) is 40.1. The molecule has 0 radical (unpaired) electrons. The van der Waals surface area contributed by atoms with Crippen LogP contribution in [0.1, 0.15) is 82.6 Å². The summed E-state index contributed by atoms with van der Waals surface area (Å²) >= 11 is 0. The van der Waals surface area contributed by atoms with E-state index in [1.807, 2.05) is 95.9 Å². The van der Waals surface area contributed by atoms with Gasteiger partial charge in [-0.25, -0.2) is 9.69 Å². The van der Waals surface area contributed by atoms with E-state index in [0.717, 1.165) is 24.7 Å². The molecule has 0 saturated carbocycles. The Morgan fingerprint density at radius 3 is 1.90 bits per heavy atom. The molecule has 9 rings (SSSR count). The van der Waals surface area contributed by atoms with Crippen LogP contribution in [0.15, 0.2) is 164 Å². The van der Waals surface area contributed by atoms with Gasteiger partial charge in [0.1, 0.15) is 23.3 Å². The minimum atomic E-state index is -2.19. The highest BCUT2D eigenvalue weighted by Crippen LogP contribution is 2.66. The summed E-state index contributed by atoms with van der Waals surface area (Å²) < 4.78 is 16.2. The minimum absolute atomic E-state index is 0.0882. The molecule has 0 aliphatic carbocycles. The number of aliphatic hydroxyl groups excluding tert-OH is 1.